The summed E-state index contributed by atoms with van der Waals surface area (Å²) >= 11 is 0. The van der Waals surface area contributed by atoms with Crippen LogP contribution in [0, 0.1) is 0 Å². The lowest BCUT2D eigenvalue weighted by atomic mass is 10.2. The number of carbonyl (C=O) groups is 1. The van der Waals surface area contributed by atoms with E-state index in [1.807, 2.05) is 18.9 Å². The molecule has 1 aromatic heterocycles. The number of hydrogen-bond donors (Lipinski definition) is 2. The van der Waals surface area contributed by atoms with E-state index in [1.165, 1.54) is 0 Å². The number of H-pyrrole nitrogens is 1. The average molecular weight is 222 g/mol. The Kier molecular flexibility index (Phi) is 3.24. The van der Waals surface area contributed by atoms with Gasteiger partial charge in [0.1, 0.15) is 0 Å². The molecular weight excluding hydrogens is 204 g/mol. The molecule has 1 aromatic rings. The molecular formula is C11H18N4O. The number of carbonyl (C=O) groups excluding carboxylic acids is 1. The predicted molar refractivity (Wildman–Crippen MR) is 61.2 cm³/mol. The summed E-state index contributed by atoms with van der Waals surface area (Å²) in [6.07, 6.45) is 3.80. The molecule has 0 aliphatic carbocycles. The van der Waals surface area contributed by atoms with Gasteiger partial charge in [0, 0.05) is 19.1 Å². The summed E-state index contributed by atoms with van der Waals surface area (Å²) in [6, 6.07) is 0.115. The van der Waals surface area contributed by atoms with Gasteiger partial charge in [-0.05, 0) is 26.8 Å². The molecule has 1 saturated heterocycles. The number of amides is 1. The minimum Gasteiger partial charge on any atom is -0.347 e. The SMILES string of the molecule is CN[C@H](C)c1[nH]cnc1C(=O)N1CCCC1. The molecule has 0 unspecified atom stereocenters. The van der Waals surface area contributed by atoms with Crippen LogP contribution in [0.15, 0.2) is 6.33 Å². The van der Waals surface area contributed by atoms with Crippen LogP contribution in [0.4, 0.5) is 0 Å². The van der Waals surface area contributed by atoms with Crippen molar-refractivity contribution in [1.29, 1.82) is 0 Å². The maximum atomic E-state index is 12.2. The number of nitrogens with one attached hydrogen (secondary N) is 2. The molecule has 2 heterocycles. The molecule has 1 aliphatic rings. The van der Waals surface area contributed by atoms with Crippen molar-refractivity contribution < 1.29 is 4.79 Å². The van der Waals surface area contributed by atoms with Crippen LogP contribution in [-0.2, 0) is 0 Å². The van der Waals surface area contributed by atoms with Gasteiger partial charge < -0.3 is 15.2 Å². The maximum absolute atomic E-state index is 12.2. The molecule has 1 amide bonds. The Hall–Kier alpha value is -1.36. The average Bonchev–Trinajstić information content (AvgIpc) is 2.97. The lowest BCUT2D eigenvalue weighted by molar-refractivity contribution is 0.0785. The predicted octanol–water partition coefficient (Wildman–Crippen LogP) is 0.926. The third-order valence-electron chi connectivity index (χ3n) is 3.13. The maximum Gasteiger partial charge on any atom is 0.274 e. The summed E-state index contributed by atoms with van der Waals surface area (Å²) in [5, 5.41) is 3.11. The summed E-state index contributed by atoms with van der Waals surface area (Å²) < 4.78 is 0. The molecule has 0 spiro atoms. The van der Waals surface area contributed by atoms with E-state index in [-0.39, 0.29) is 11.9 Å². The fourth-order valence-electron chi connectivity index (χ4n) is 2.02. The number of aromatic amines is 1. The summed E-state index contributed by atoms with van der Waals surface area (Å²) in [4.78, 5) is 21.2. The zero-order valence-electron chi connectivity index (χ0n) is 9.79. The Morgan fingerprint density at radius 3 is 2.88 bits per heavy atom. The third-order valence-corrected chi connectivity index (χ3v) is 3.13. The first kappa shape index (κ1) is 11.1. The van der Waals surface area contributed by atoms with Crippen molar-refractivity contribution in [3.8, 4) is 0 Å². The van der Waals surface area contributed by atoms with E-state index in [4.69, 9.17) is 0 Å². The van der Waals surface area contributed by atoms with E-state index >= 15 is 0 Å². The highest BCUT2D eigenvalue weighted by Crippen LogP contribution is 2.17. The van der Waals surface area contributed by atoms with Crippen molar-refractivity contribution in [3.05, 3.63) is 17.7 Å². The zero-order chi connectivity index (χ0) is 11.5. The van der Waals surface area contributed by atoms with Crippen LogP contribution in [0.25, 0.3) is 0 Å². The summed E-state index contributed by atoms with van der Waals surface area (Å²) in [7, 11) is 1.87. The molecule has 1 atom stereocenters. The molecule has 0 saturated carbocycles. The van der Waals surface area contributed by atoms with Crippen LogP contribution >= 0.6 is 0 Å². The lowest BCUT2D eigenvalue weighted by Gasteiger charge is -2.16. The molecule has 16 heavy (non-hydrogen) atoms. The van der Waals surface area contributed by atoms with Gasteiger partial charge in [0.15, 0.2) is 5.69 Å². The zero-order valence-corrected chi connectivity index (χ0v) is 9.79. The van der Waals surface area contributed by atoms with Crippen molar-refractivity contribution >= 4 is 5.91 Å². The first-order chi connectivity index (χ1) is 7.74. The van der Waals surface area contributed by atoms with Gasteiger partial charge in [-0.15, -0.1) is 0 Å². The largest absolute Gasteiger partial charge is 0.347 e. The highest BCUT2D eigenvalue weighted by Gasteiger charge is 2.25. The molecule has 2 N–H and O–H groups in total. The number of nitrogens with zero attached hydrogens (tertiary/aromatic N) is 2. The standard InChI is InChI=1S/C11H18N4O/c1-8(12-2)9-10(14-7-13-9)11(16)15-5-3-4-6-15/h7-8,12H,3-6H2,1-2H3,(H,13,14)/t8-/m1/s1. The second-order valence-corrected chi connectivity index (χ2v) is 4.17. The van der Waals surface area contributed by atoms with Gasteiger partial charge in [0.25, 0.3) is 5.91 Å². The lowest BCUT2D eigenvalue weighted by Crippen LogP contribution is -2.29. The molecule has 5 nitrogen and oxygen atoms in total. The van der Waals surface area contributed by atoms with Gasteiger partial charge in [0.05, 0.1) is 12.0 Å². The van der Waals surface area contributed by atoms with E-state index in [1.54, 1.807) is 6.33 Å². The number of imidazole rings is 1. The number of rotatable bonds is 3. The van der Waals surface area contributed by atoms with E-state index in [0.29, 0.717) is 5.69 Å². The van der Waals surface area contributed by atoms with Gasteiger partial charge in [0.2, 0.25) is 0 Å². The monoisotopic (exact) mass is 222 g/mol. The summed E-state index contributed by atoms with van der Waals surface area (Å²) in [5.41, 5.74) is 1.43. The number of likely N-dealkylation sites (tertiary alicyclic amines) is 1. The van der Waals surface area contributed by atoms with Crippen LogP contribution in [0.1, 0.15) is 42.0 Å². The Morgan fingerprint density at radius 1 is 1.56 bits per heavy atom. The van der Waals surface area contributed by atoms with Gasteiger partial charge >= 0.3 is 0 Å². The fraction of sp³-hybridized carbons (Fsp3) is 0.636. The number of hydrogen-bond acceptors (Lipinski definition) is 3. The molecule has 5 heteroatoms. The van der Waals surface area contributed by atoms with Crippen LogP contribution < -0.4 is 5.32 Å². The van der Waals surface area contributed by atoms with Gasteiger partial charge in [-0.3, -0.25) is 4.79 Å². The Bertz CT molecular complexity index is 368. The molecule has 2 rings (SSSR count). The van der Waals surface area contributed by atoms with Gasteiger partial charge in [-0.1, -0.05) is 0 Å². The van der Waals surface area contributed by atoms with E-state index in [2.05, 4.69) is 15.3 Å². The minimum atomic E-state index is 0.0517. The van der Waals surface area contributed by atoms with E-state index in [0.717, 1.165) is 31.6 Å². The van der Waals surface area contributed by atoms with Crippen LogP contribution in [0.2, 0.25) is 0 Å². The van der Waals surface area contributed by atoms with Crippen LogP contribution in [0.3, 0.4) is 0 Å². The first-order valence-corrected chi connectivity index (χ1v) is 5.74. The van der Waals surface area contributed by atoms with Gasteiger partial charge in [-0.25, -0.2) is 4.98 Å². The third kappa shape index (κ3) is 1.95. The highest BCUT2D eigenvalue weighted by atomic mass is 16.2. The minimum absolute atomic E-state index is 0.0517. The van der Waals surface area contributed by atoms with Crippen molar-refractivity contribution in [3.63, 3.8) is 0 Å². The Balaban J connectivity index is 2.19. The van der Waals surface area contributed by atoms with Crippen molar-refractivity contribution in [2.24, 2.45) is 0 Å². The smallest absolute Gasteiger partial charge is 0.274 e. The second kappa shape index (κ2) is 4.65. The van der Waals surface area contributed by atoms with E-state index < -0.39 is 0 Å². The van der Waals surface area contributed by atoms with Crippen LogP contribution in [0.5, 0.6) is 0 Å². The summed E-state index contributed by atoms with van der Waals surface area (Å²) in [5.74, 6) is 0.0517. The van der Waals surface area contributed by atoms with Crippen molar-refractivity contribution in [2.75, 3.05) is 20.1 Å². The molecule has 88 valence electrons. The molecule has 0 bridgehead atoms. The number of aromatic nitrogens is 2. The summed E-state index contributed by atoms with van der Waals surface area (Å²) in [6.45, 7) is 3.73. The second-order valence-electron chi connectivity index (χ2n) is 4.17. The van der Waals surface area contributed by atoms with Gasteiger partial charge in [-0.2, -0.15) is 0 Å². The molecule has 1 aliphatic heterocycles. The quantitative estimate of drug-likeness (QED) is 0.799. The molecule has 0 radical (unpaired) electrons. The van der Waals surface area contributed by atoms with Crippen LogP contribution in [-0.4, -0.2) is 40.9 Å². The first-order valence-electron chi connectivity index (χ1n) is 5.74. The Labute approximate surface area is 95.2 Å². The Morgan fingerprint density at radius 2 is 2.25 bits per heavy atom. The van der Waals surface area contributed by atoms with E-state index in [9.17, 15) is 4.79 Å². The van der Waals surface area contributed by atoms with Crippen molar-refractivity contribution in [2.45, 2.75) is 25.8 Å². The van der Waals surface area contributed by atoms with Crippen molar-refractivity contribution in [1.82, 2.24) is 20.2 Å². The normalized spacial score (nSPS) is 17.8. The highest BCUT2D eigenvalue weighted by molar-refractivity contribution is 5.93. The molecule has 0 aromatic carbocycles. The topological polar surface area (TPSA) is 61.0 Å². The fourth-order valence-corrected chi connectivity index (χ4v) is 2.02. The molecule has 1 fully saturated rings.